The molecule has 0 unspecified atom stereocenters. The minimum Gasteiger partial charge on any atom is -0.494 e. The Bertz CT molecular complexity index is 647. The summed E-state index contributed by atoms with van der Waals surface area (Å²) in [4.78, 5) is 23.0. The third-order valence-electron chi connectivity index (χ3n) is 2.76. The van der Waals surface area contributed by atoms with Crippen molar-refractivity contribution in [1.29, 1.82) is 0 Å². The Morgan fingerprint density at radius 2 is 2.14 bits per heavy atom. The molecule has 2 aromatic rings. The normalized spacial score (nSPS) is 10.2. The molecule has 0 atom stereocenters. The highest BCUT2D eigenvalue weighted by Crippen LogP contribution is 2.35. The topological polar surface area (TPSA) is 103 Å². The number of methoxy groups -OCH3 is 1. The van der Waals surface area contributed by atoms with E-state index in [-0.39, 0.29) is 17.2 Å². The van der Waals surface area contributed by atoms with Crippen LogP contribution in [0.3, 0.4) is 0 Å². The zero-order chi connectivity index (χ0) is 15.2. The van der Waals surface area contributed by atoms with Crippen LogP contribution in [-0.2, 0) is 0 Å². The summed E-state index contributed by atoms with van der Waals surface area (Å²) in [5.41, 5.74) is 0.239. The van der Waals surface area contributed by atoms with E-state index in [0.29, 0.717) is 18.0 Å². The molecule has 0 bridgehead atoms. The second kappa shape index (κ2) is 6.60. The summed E-state index contributed by atoms with van der Waals surface area (Å²) >= 11 is 0. The Hall–Kier alpha value is -2.77. The molecule has 0 saturated carbocycles. The fraction of sp³-hybridized carbons (Fsp3) is 0.308. The van der Waals surface area contributed by atoms with E-state index in [9.17, 15) is 10.1 Å². The number of nitrogens with zero attached hydrogens (tertiary/aromatic N) is 4. The molecule has 0 amide bonds. The number of pyridine rings is 1. The molecule has 0 aromatic carbocycles. The van der Waals surface area contributed by atoms with Crippen molar-refractivity contribution in [3.8, 4) is 17.1 Å². The highest BCUT2D eigenvalue weighted by Gasteiger charge is 2.26. The molecular weight excluding hydrogens is 274 g/mol. The van der Waals surface area contributed by atoms with Gasteiger partial charge in [0.25, 0.3) is 0 Å². The van der Waals surface area contributed by atoms with E-state index < -0.39 is 4.92 Å². The Balaban J connectivity index is 2.60. The maximum absolute atomic E-state index is 11.4. The minimum atomic E-state index is -0.512. The first kappa shape index (κ1) is 14.6. The fourth-order valence-corrected chi connectivity index (χ4v) is 1.83. The molecule has 0 radical (unpaired) electrons. The van der Waals surface area contributed by atoms with Crippen molar-refractivity contribution >= 4 is 11.5 Å². The number of hydrogen-bond donors (Lipinski definition) is 1. The SMILES string of the molecule is CCCNc1ncnc(-c2ncccc2OC)c1[N+](=O)[O-]. The van der Waals surface area contributed by atoms with E-state index in [1.54, 1.807) is 12.1 Å². The second-order valence-corrected chi connectivity index (χ2v) is 4.16. The summed E-state index contributed by atoms with van der Waals surface area (Å²) in [6, 6.07) is 3.36. The molecule has 21 heavy (non-hydrogen) atoms. The van der Waals surface area contributed by atoms with Gasteiger partial charge in [0, 0.05) is 12.7 Å². The zero-order valence-corrected chi connectivity index (χ0v) is 11.7. The van der Waals surface area contributed by atoms with Crippen molar-refractivity contribution in [2.24, 2.45) is 0 Å². The van der Waals surface area contributed by atoms with Crippen LogP contribution in [0, 0.1) is 10.1 Å². The van der Waals surface area contributed by atoms with Gasteiger partial charge in [-0.15, -0.1) is 0 Å². The number of nitrogens with one attached hydrogen (secondary N) is 1. The number of rotatable bonds is 6. The van der Waals surface area contributed by atoms with E-state index in [4.69, 9.17) is 4.74 Å². The largest absolute Gasteiger partial charge is 0.494 e. The summed E-state index contributed by atoms with van der Waals surface area (Å²) < 4.78 is 5.19. The van der Waals surface area contributed by atoms with Crippen LogP contribution in [0.15, 0.2) is 24.7 Å². The summed E-state index contributed by atoms with van der Waals surface area (Å²) in [7, 11) is 1.48. The average molecular weight is 289 g/mol. The number of anilines is 1. The lowest BCUT2D eigenvalue weighted by molar-refractivity contribution is -0.383. The quantitative estimate of drug-likeness (QED) is 0.642. The molecule has 8 heteroatoms. The monoisotopic (exact) mass is 289 g/mol. The van der Waals surface area contributed by atoms with Crippen LogP contribution in [0.4, 0.5) is 11.5 Å². The molecule has 110 valence electrons. The van der Waals surface area contributed by atoms with Crippen LogP contribution >= 0.6 is 0 Å². The first-order valence-electron chi connectivity index (χ1n) is 6.41. The van der Waals surface area contributed by atoms with E-state index in [1.807, 2.05) is 6.92 Å². The predicted molar refractivity (Wildman–Crippen MR) is 77.3 cm³/mol. The van der Waals surface area contributed by atoms with Crippen molar-refractivity contribution in [3.05, 3.63) is 34.8 Å². The molecule has 0 aliphatic carbocycles. The van der Waals surface area contributed by atoms with E-state index in [1.165, 1.54) is 19.6 Å². The molecule has 2 aromatic heterocycles. The first-order valence-corrected chi connectivity index (χ1v) is 6.41. The van der Waals surface area contributed by atoms with Gasteiger partial charge in [-0.05, 0) is 18.6 Å². The molecular formula is C13H15N5O3. The van der Waals surface area contributed by atoms with Crippen molar-refractivity contribution in [2.75, 3.05) is 19.0 Å². The molecule has 0 saturated heterocycles. The van der Waals surface area contributed by atoms with Crippen LogP contribution in [0.25, 0.3) is 11.4 Å². The van der Waals surface area contributed by atoms with Gasteiger partial charge >= 0.3 is 5.69 Å². The van der Waals surface area contributed by atoms with Gasteiger partial charge < -0.3 is 10.1 Å². The Morgan fingerprint density at radius 3 is 2.81 bits per heavy atom. The fourth-order valence-electron chi connectivity index (χ4n) is 1.83. The molecule has 8 nitrogen and oxygen atoms in total. The van der Waals surface area contributed by atoms with Crippen LogP contribution in [0.2, 0.25) is 0 Å². The lowest BCUT2D eigenvalue weighted by atomic mass is 10.2. The Kier molecular flexibility index (Phi) is 4.60. The molecule has 0 fully saturated rings. The van der Waals surface area contributed by atoms with Gasteiger partial charge in [-0.1, -0.05) is 6.92 Å². The second-order valence-electron chi connectivity index (χ2n) is 4.16. The van der Waals surface area contributed by atoms with Crippen LogP contribution < -0.4 is 10.1 Å². The predicted octanol–water partition coefficient (Wildman–Crippen LogP) is 2.28. The zero-order valence-electron chi connectivity index (χ0n) is 11.7. The van der Waals surface area contributed by atoms with E-state index in [0.717, 1.165) is 6.42 Å². The molecule has 0 aliphatic rings. The maximum atomic E-state index is 11.4. The van der Waals surface area contributed by atoms with Crippen molar-refractivity contribution in [3.63, 3.8) is 0 Å². The summed E-state index contributed by atoms with van der Waals surface area (Å²) in [5, 5.41) is 14.3. The van der Waals surface area contributed by atoms with Gasteiger partial charge in [0.1, 0.15) is 17.8 Å². The lowest BCUT2D eigenvalue weighted by Gasteiger charge is -2.09. The van der Waals surface area contributed by atoms with Crippen LogP contribution in [-0.4, -0.2) is 33.5 Å². The van der Waals surface area contributed by atoms with Crippen molar-refractivity contribution < 1.29 is 9.66 Å². The van der Waals surface area contributed by atoms with Gasteiger partial charge in [-0.2, -0.15) is 0 Å². The molecule has 2 heterocycles. The van der Waals surface area contributed by atoms with Crippen LogP contribution in [0.5, 0.6) is 5.75 Å². The average Bonchev–Trinajstić information content (AvgIpc) is 2.52. The number of aromatic nitrogens is 3. The summed E-state index contributed by atoms with van der Waals surface area (Å²) in [5.74, 6) is 0.597. The third-order valence-corrected chi connectivity index (χ3v) is 2.76. The smallest absolute Gasteiger partial charge is 0.339 e. The Morgan fingerprint density at radius 1 is 1.33 bits per heavy atom. The highest BCUT2D eigenvalue weighted by atomic mass is 16.6. The molecule has 0 spiro atoms. The lowest BCUT2D eigenvalue weighted by Crippen LogP contribution is -2.08. The number of ether oxygens (including phenoxy) is 1. The number of nitro groups is 1. The summed E-state index contributed by atoms with van der Waals surface area (Å²) in [6.45, 7) is 2.54. The van der Waals surface area contributed by atoms with Gasteiger partial charge in [0.2, 0.25) is 5.82 Å². The standard InChI is InChI=1S/C13H15N5O3/c1-3-6-15-13-12(18(19)20)11(16-8-17-13)10-9(21-2)5-4-7-14-10/h4-5,7-8H,3,6H2,1-2H3,(H,15,16,17). The maximum Gasteiger partial charge on any atom is 0.339 e. The highest BCUT2D eigenvalue weighted by molar-refractivity contribution is 5.77. The van der Waals surface area contributed by atoms with Crippen molar-refractivity contribution in [2.45, 2.75) is 13.3 Å². The van der Waals surface area contributed by atoms with E-state index >= 15 is 0 Å². The minimum absolute atomic E-state index is 0.131. The third kappa shape index (κ3) is 3.04. The van der Waals surface area contributed by atoms with Crippen molar-refractivity contribution in [1.82, 2.24) is 15.0 Å². The van der Waals surface area contributed by atoms with Gasteiger partial charge in [0.15, 0.2) is 5.69 Å². The Labute approximate surface area is 121 Å². The molecule has 0 aliphatic heterocycles. The van der Waals surface area contributed by atoms with Gasteiger partial charge in [-0.3, -0.25) is 15.1 Å². The van der Waals surface area contributed by atoms with Crippen LogP contribution in [0.1, 0.15) is 13.3 Å². The number of hydrogen-bond acceptors (Lipinski definition) is 7. The molecule has 2 rings (SSSR count). The van der Waals surface area contributed by atoms with Gasteiger partial charge in [-0.25, -0.2) is 9.97 Å². The van der Waals surface area contributed by atoms with Gasteiger partial charge in [0.05, 0.1) is 12.0 Å². The van der Waals surface area contributed by atoms with E-state index in [2.05, 4.69) is 20.3 Å². The summed E-state index contributed by atoms with van der Waals surface area (Å²) in [6.07, 6.45) is 3.63. The first-order chi connectivity index (χ1) is 10.2. The molecule has 1 N–H and O–H groups in total.